The van der Waals surface area contributed by atoms with E-state index in [1.54, 1.807) is 24.3 Å². The number of nitrogens with one attached hydrogen (secondary N) is 1. The van der Waals surface area contributed by atoms with Crippen molar-refractivity contribution in [3.63, 3.8) is 0 Å². The minimum atomic E-state index is -4.72. The number of carbonyl (C=O) groups is 1. The zero-order chi connectivity index (χ0) is 27.2. The van der Waals surface area contributed by atoms with Gasteiger partial charge in [-0.25, -0.2) is 8.42 Å². The van der Waals surface area contributed by atoms with Gasteiger partial charge in [0.2, 0.25) is 5.91 Å². The van der Waals surface area contributed by atoms with E-state index in [2.05, 4.69) is 5.32 Å². The first kappa shape index (κ1) is 27.7. The normalized spacial score (nSPS) is 11.5. The number of sulfonamides is 1. The van der Waals surface area contributed by atoms with Crippen LogP contribution in [-0.2, 0) is 27.5 Å². The molecular weight excluding hydrogens is 513 g/mol. The highest BCUT2D eigenvalue weighted by Crippen LogP contribution is 2.35. The lowest BCUT2D eigenvalue weighted by Crippen LogP contribution is -2.40. The molecule has 0 fully saturated rings. The van der Waals surface area contributed by atoms with Crippen molar-refractivity contribution in [2.45, 2.75) is 17.6 Å². The molecule has 0 bridgehead atoms. The minimum absolute atomic E-state index is 0.00961. The van der Waals surface area contributed by atoms with Crippen LogP contribution in [0.2, 0.25) is 0 Å². The third-order valence-electron chi connectivity index (χ3n) is 5.36. The lowest BCUT2D eigenvalue weighted by Gasteiger charge is -2.25. The van der Waals surface area contributed by atoms with Crippen molar-refractivity contribution in [3.05, 3.63) is 77.9 Å². The number of carbonyl (C=O) groups excluding carboxylic acids is 1. The van der Waals surface area contributed by atoms with Crippen molar-refractivity contribution in [3.8, 4) is 17.2 Å². The Balaban J connectivity index is 1.99. The number of nitrogens with zero attached hydrogens (tertiary/aromatic N) is 1. The predicted octanol–water partition coefficient (Wildman–Crippen LogP) is 4.24. The van der Waals surface area contributed by atoms with Crippen LogP contribution in [0.1, 0.15) is 11.1 Å². The SMILES string of the molecule is COc1ccccc1CNC(=O)CN(c1cccc(C(F)(F)F)c1)S(=O)(=O)c1ccc(OC)c(OC)c1. The molecule has 37 heavy (non-hydrogen) atoms. The number of amides is 1. The molecule has 198 valence electrons. The molecule has 1 N–H and O–H groups in total. The molecule has 0 aliphatic carbocycles. The molecule has 1 amide bonds. The van der Waals surface area contributed by atoms with Crippen LogP contribution in [0.25, 0.3) is 0 Å². The second-order valence-electron chi connectivity index (χ2n) is 7.67. The second-order valence-corrected chi connectivity index (χ2v) is 9.53. The standard InChI is InChI=1S/C25H25F3N2O6S/c1-34-21-10-5-4-7-17(21)15-29-24(31)16-30(19-9-6-8-18(13-19)25(26,27)28)37(32,33)20-11-12-22(35-2)23(14-20)36-3/h4-14H,15-16H2,1-3H3,(H,29,31). The Labute approximate surface area is 212 Å². The first-order valence-corrected chi connectivity index (χ1v) is 12.3. The molecule has 0 aliphatic rings. The number of halogens is 3. The lowest BCUT2D eigenvalue weighted by atomic mass is 10.2. The van der Waals surface area contributed by atoms with Crippen LogP contribution in [-0.4, -0.2) is 42.2 Å². The Hall–Kier alpha value is -3.93. The summed E-state index contributed by atoms with van der Waals surface area (Å²) < 4.78 is 83.5. The van der Waals surface area contributed by atoms with E-state index < -0.39 is 34.2 Å². The Morgan fingerprint density at radius 2 is 1.54 bits per heavy atom. The summed E-state index contributed by atoms with van der Waals surface area (Å²) in [5.41, 5.74) is -0.768. The van der Waals surface area contributed by atoms with E-state index >= 15 is 0 Å². The Kier molecular flexibility index (Phi) is 8.53. The maximum absolute atomic E-state index is 13.6. The molecule has 8 nitrogen and oxygen atoms in total. The zero-order valence-corrected chi connectivity index (χ0v) is 21.0. The van der Waals surface area contributed by atoms with Gasteiger partial charge in [0.1, 0.15) is 12.3 Å². The maximum Gasteiger partial charge on any atom is 0.416 e. The molecule has 3 aromatic carbocycles. The highest BCUT2D eigenvalue weighted by molar-refractivity contribution is 7.92. The third kappa shape index (κ3) is 6.45. The molecule has 3 aromatic rings. The van der Waals surface area contributed by atoms with Crippen molar-refractivity contribution in [2.24, 2.45) is 0 Å². The molecule has 0 atom stereocenters. The van der Waals surface area contributed by atoms with E-state index in [9.17, 15) is 26.4 Å². The fraction of sp³-hybridized carbons (Fsp3) is 0.240. The molecule has 12 heteroatoms. The summed E-state index contributed by atoms with van der Waals surface area (Å²) in [6.07, 6.45) is -4.72. The fourth-order valence-corrected chi connectivity index (χ4v) is 4.91. The number of para-hydroxylation sites is 1. The van der Waals surface area contributed by atoms with Gasteiger partial charge in [0.05, 0.1) is 37.5 Å². The van der Waals surface area contributed by atoms with E-state index in [1.807, 2.05) is 0 Å². The zero-order valence-electron chi connectivity index (χ0n) is 20.2. The average molecular weight is 539 g/mol. The van der Waals surface area contributed by atoms with Gasteiger partial charge in [-0.1, -0.05) is 24.3 Å². The van der Waals surface area contributed by atoms with Gasteiger partial charge in [0.15, 0.2) is 11.5 Å². The van der Waals surface area contributed by atoms with Crippen molar-refractivity contribution in [2.75, 3.05) is 32.2 Å². The molecule has 0 radical (unpaired) electrons. The Morgan fingerprint density at radius 3 is 2.19 bits per heavy atom. The highest BCUT2D eigenvalue weighted by Gasteiger charge is 2.33. The summed E-state index contributed by atoms with van der Waals surface area (Å²) in [4.78, 5) is 12.6. The van der Waals surface area contributed by atoms with Crippen LogP contribution >= 0.6 is 0 Å². The van der Waals surface area contributed by atoms with Gasteiger partial charge in [0, 0.05) is 18.2 Å². The molecule has 3 rings (SSSR count). The summed E-state index contributed by atoms with van der Waals surface area (Å²) >= 11 is 0. The Bertz CT molecular complexity index is 1360. The number of hydrogen-bond acceptors (Lipinski definition) is 6. The van der Waals surface area contributed by atoms with Gasteiger partial charge < -0.3 is 19.5 Å². The van der Waals surface area contributed by atoms with Crippen molar-refractivity contribution in [1.82, 2.24) is 5.32 Å². The van der Waals surface area contributed by atoms with E-state index in [0.29, 0.717) is 21.7 Å². The van der Waals surface area contributed by atoms with E-state index in [-0.39, 0.29) is 28.6 Å². The second kappa shape index (κ2) is 11.4. The lowest BCUT2D eigenvalue weighted by molar-refractivity contribution is -0.137. The molecule has 0 saturated heterocycles. The topological polar surface area (TPSA) is 94.2 Å². The summed E-state index contributed by atoms with van der Waals surface area (Å²) in [5.74, 6) is 0.109. The number of hydrogen-bond donors (Lipinski definition) is 1. The van der Waals surface area contributed by atoms with Crippen LogP contribution in [0, 0.1) is 0 Å². The molecule has 0 aliphatic heterocycles. The number of anilines is 1. The van der Waals surface area contributed by atoms with Gasteiger partial charge in [-0.05, 0) is 36.4 Å². The van der Waals surface area contributed by atoms with E-state index in [4.69, 9.17) is 14.2 Å². The van der Waals surface area contributed by atoms with Crippen LogP contribution in [0.3, 0.4) is 0 Å². The van der Waals surface area contributed by atoms with Crippen LogP contribution in [0.4, 0.5) is 18.9 Å². The van der Waals surface area contributed by atoms with Crippen molar-refractivity contribution >= 4 is 21.6 Å². The molecular formula is C25H25F3N2O6S. The first-order valence-electron chi connectivity index (χ1n) is 10.8. The molecule has 0 unspecified atom stereocenters. The first-order chi connectivity index (χ1) is 17.5. The largest absolute Gasteiger partial charge is 0.496 e. The van der Waals surface area contributed by atoms with Crippen LogP contribution in [0.5, 0.6) is 17.2 Å². The maximum atomic E-state index is 13.6. The highest BCUT2D eigenvalue weighted by atomic mass is 32.2. The molecule has 0 saturated carbocycles. The smallest absolute Gasteiger partial charge is 0.416 e. The molecule has 0 aromatic heterocycles. The molecule has 0 spiro atoms. The number of rotatable bonds is 10. The summed E-state index contributed by atoms with van der Waals surface area (Å²) in [7, 11) is -0.378. The number of alkyl halides is 3. The third-order valence-corrected chi connectivity index (χ3v) is 7.13. The summed E-state index contributed by atoms with van der Waals surface area (Å²) in [6.45, 7) is -0.775. The average Bonchev–Trinajstić information content (AvgIpc) is 2.89. The Morgan fingerprint density at radius 1 is 0.865 bits per heavy atom. The fourth-order valence-electron chi connectivity index (χ4n) is 3.49. The summed E-state index contributed by atoms with van der Waals surface area (Å²) in [5, 5.41) is 2.59. The van der Waals surface area contributed by atoms with Crippen LogP contribution in [0.15, 0.2) is 71.6 Å². The van der Waals surface area contributed by atoms with Gasteiger partial charge in [-0.3, -0.25) is 9.10 Å². The van der Waals surface area contributed by atoms with E-state index in [0.717, 1.165) is 12.1 Å². The number of benzene rings is 3. The van der Waals surface area contributed by atoms with Gasteiger partial charge in [0.25, 0.3) is 10.0 Å². The van der Waals surface area contributed by atoms with Crippen LogP contribution < -0.4 is 23.8 Å². The van der Waals surface area contributed by atoms with E-state index in [1.165, 1.54) is 45.6 Å². The predicted molar refractivity (Wildman–Crippen MR) is 130 cm³/mol. The molecule has 0 heterocycles. The monoisotopic (exact) mass is 538 g/mol. The summed E-state index contributed by atoms with van der Waals surface area (Å²) in [6, 6.07) is 14.3. The number of methoxy groups -OCH3 is 3. The van der Waals surface area contributed by atoms with Gasteiger partial charge in [-0.2, -0.15) is 13.2 Å². The van der Waals surface area contributed by atoms with Gasteiger partial charge in [-0.15, -0.1) is 0 Å². The van der Waals surface area contributed by atoms with Crippen molar-refractivity contribution in [1.29, 1.82) is 0 Å². The number of ether oxygens (including phenoxy) is 3. The quantitative estimate of drug-likeness (QED) is 0.415. The van der Waals surface area contributed by atoms with Gasteiger partial charge >= 0.3 is 6.18 Å². The van der Waals surface area contributed by atoms with Crippen molar-refractivity contribution < 1.29 is 40.6 Å². The minimum Gasteiger partial charge on any atom is -0.496 e.